The number of ketones is 1. The van der Waals surface area contributed by atoms with E-state index in [-0.39, 0.29) is 43.4 Å². The largest absolute Gasteiger partial charge is 0.461 e. The molecule has 1 heterocycles. The molecule has 12 heteroatoms. The normalized spacial score (nSPS) is 15.1. The predicted molar refractivity (Wildman–Crippen MR) is 114 cm³/mol. The number of hydrogen-bond acceptors (Lipinski definition) is 9. The highest BCUT2D eigenvalue weighted by atomic mass is 32.2. The molecule has 1 amide bonds. The van der Waals surface area contributed by atoms with E-state index in [2.05, 4.69) is 4.98 Å². The molecule has 0 aliphatic heterocycles. The number of Topliss-reactive ketones (excluding diaryl/α,β-unsaturated/α-hetero) is 1. The second-order valence-corrected chi connectivity index (χ2v) is 9.05. The smallest absolute Gasteiger partial charge is 0.374 e. The summed E-state index contributed by atoms with van der Waals surface area (Å²) in [7, 11) is -3.73. The molecule has 1 aliphatic rings. The minimum atomic E-state index is -3.73. The molecule has 1 aliphatic carbocycles. The Balaban J connectivity index is 1.97. The van der Waals surface area contributed by atoms with Gasteiger partial charge >= 0.3 is 11.9 Å². The maximum Gasteiger partial charge on any atom is 0.374 e. The number of rotatable bonds is 8. The van der Waals surface area contributed by atoms with Gasteiger partial charge in [0.05, 0.1) is 25.9 Å². The first-order valence-electron chi connectivity index (χ1n) is 10.1. The third-order valence-corrected chi connectivity index (χ3v) is 5.50. The van der Waals surface area contributed by atoms with Gasteiger partial charge in [-0.1, -0.05) is 18.2 Å². The zero-order chi connectivity index (χ0) is 24.3. The summed E-state index contributed by atoms with van der Waals surface area (Å²) < 4.78 is 35.8. The van der Waals surface area contributed by atoms with Crippen LogP contribution in [0.15, 0.2) is 24.4 Å². The van der Waals surface area contributed by atoms with Crippen LogP contribution in [0.25, 0.3) is 0 Å². The summed E-state index contributed by atoms with van der Waals surface area (Å²) in [5.74, 6) is -2.84. The predicted octanol–water partition coefficient (Wildman–Crippen LogP) is 0.835. The lowest BCUT2D eigenvalue weighted by molar-refractivity contribution is -0.118. The van der Waals surface area contributed by atoms with Crippen LogP contribution in [0.5, 0.6) is 0 Å². The van der Waals surface area contributed by atoms with E-state index in [0.717, 1.165) is 6.26 Å². The molecule has 1 aromatic heterocycles. The molecular weight excluding hydrogens is 454 g/mol. The van der Waals surface area contributed by atoms with Crippen LogP contribution in [0.3, 0.4) is 0 Å². The van der Waals surface area contributed by atoms with Gasteiger partial charge in [0.2, 0.25) is 21.8 Å². The first-order chi connectivity index (χ1) is 15.6. The fraction of sp³-hybridized carbons (Fsp3) is 0.381. The topological polar surface area (TPSA) is 151 Å². The Hall–Kier alpha value is -3.54. The Morgan fingerprint density at radius 3 is 2.45 bits per heavy atom. The number of fused-ring (bicyclic) bond motifs is 1. The van der Waals surface area contributed by atoms with Crippen LogP contribution in [-0.2, 0) is 37.1 Å². The van der Waals surface area contributed by atoms with Crippen LogP contribution in [-0.4, -0.2) is 61.1 Å². The number of aromatic nitrogens is 2. The van der Waals surface area contributed by atoms with Gasteiger partial charge in [-0.3, -0.25) is 14.3 Å². The summed E-state index contributed by atoms with van der Waals surface area (Å²) >= 11 is 0. The summed E-state index contributed by atoms with van der Waals surface area (Å²) in [6.45, 7) is 3.41. The van der Waals surface area contributed by atoms with Gasteiger partial charge in [0.15, 0.2) is 11.5 Å². The molecule has 0 saturated heterocycles. The average Bonchev–Trinajstić information content (AvgIpc) is 3.30. The van der Waals surface area contributed by atoms with E-state index < -0.39 is 33.9 Å². The zero-order valence-electron chi connectivity index (χ0n) is 18.3. The molecule has 0 fully saturated rings. The Morgan fingerprint density at radius 1 is 1.15 bits per heavy atom. The first kappa shape index (κ1) is 24.1. The van der Waals surface area contributed by atoms with Crippen LogP contribution in [0.2, 0.25) is 0 Å². The SMILES string of the molecule is CCOC(=O)c1cn(C2Cc3c(CC(=O)NS(C)(=O)=O)cccc3C2=O)c(C(=O)OCC)n1. The lowest BCUT2D eigenvalue weighted by Crippen LogP contribution is -2.30. The fourth-order valence-electron chi connectivity index (χ4n) is 3.66. The monoisotopic (exact) mass is 477 g/mol. The van der Waals surface area contributed by atoms with Gasteiger partial charge in [-0.15, -0.1) is 0 Å². The standard InChI is InChI=1S/C21H23N3O8S/c1-4-31-20(27)15-11-24(19(22-15)21(28)32-5-2)16-10-14-12(7-6-8-13(14)18(16)26)9-17(25)23-33(3,29)30/h6-8,11,16H,4-5,9-10H2,1-3H3,(H,23,25). The molecule has 1 aromatic carbocycles. The molecule has 0 radical (unpaired) electrons. The van der Waals surface area contributed by atoms with Crippen LogP contribution in [0, 0.1) is 0 Å². The Labute approximate surface area is 190 Å². The van der Waals surface area contributed by atoms with E-state index in [1.165, 1.54) is 10.8 Å². The van der Waals surface area contributed by atoms with E-state index in [9.17, 15) is 27.6 Å². The van der Waals surface area contributed by atoms with Crippen molar-refractivity contribution in [3.05, 3.63) is 52.6 Å². The highest BCUT2D eigenvalue weighted by Gasteiger charge is 2.37. The average molecular weight is 477 g/mol. The van der Waals surface area contributed by atoms with Crippen molar-refractivity contribution in [1.29, 1.82) is 0 Å². The number of nitrogens with one attached hydrogen (secondary N) is 1. The number of amides is 1. The van der Waals surface area contributed by atoms with Gasteiger partial charge < -0.3 is 14.0 Å². The van der Waals surface area contributed by atoms with Crippen molar-refractivity contribution in [3.63, 3.8) is 0 Å². The minimum Gasteiger partial charge on any atom is -0.461 e. The second-order valence-electron chi connectivity index (χ2n) is 7.30. The molecular formula is C21H23N3O8S. The lowest BCUT2D eigenvalue weighted by atomic mass is 10.0. The molecule has 176 valence electrons. The van der Waals surface area contributed by atoms with Gasteiger partial charge in [0, 0.05) is 18.2 Å². The van der Waals surface area contributed by atoms with E-state index in [1.54, 1.807) is 32.0 Å². The van der Waals surface area contributed by atoms with Crippen LogP contribution in [0.4, 0.5) is 0 Å². The maximum absolute atomic E-state index is 13.2. The van der Waals surface area contributed by atoms with Gasteiger partial charge in [0.1, 0.15) is 6.04 Å². The lowest BCUT2D eigenvalue weighted by Gasteiger charge is -2.13. The number of ether oxygens (including phenoxy) is 2. The summed E-state index contributed by atoms with van der Waals surface area (Å²) in [5, 5.41) is 0. The Morgan fingerprint density at radius 2 is 1.82 bits per heavy atom. The molecule has 0 spiro atoms. The number of hydrogen-bond donors (Lipinski definition) is 1. The quantitative estimate of drug-likeness (QED) is 0.545. The van der Waals surface area contributed by atoms with Crippen LogP contribution < -0.4 is 4.72 Å². The number of sulfonamides is 1. The van der Waals surface area contributed by atoms with Crippen molar-refractivity contribution in [2.45, 2.75) is 32.7 Å². The summed E-state index contributed by atoms with van der Waals surface area (Å²) in [6, 6.07) is 3.89. The third-order valence-electron chi connectivity index (χ3n) is 4.90. The molecule has 33 heavy (non-hydrogen) atoms. The number of carbonyl (C=O) groups is 4. The molecule has 0 bridgehead atoms. The number of carbonyl (C=O) groups excluding carboxylic acids is 4. The van der Waals surface area contributed by atoms with Crippen LogP contribution >= 0.6 is 0 Å². The number of esters is 2. The number of benzene rings is 1. The van der Waals surface area contributed by atoms with Gasteiger partial charge in [-0.25, -0.2) is 23.0 Å². The Kier molecular flexibility index (Phi) is 6.96. The van der Waals surface area contributed by atoms with Crippen molar-refractivity contribution < 1.29 is 37.1 Å². The van der Waals surface area contributed by atoms with Crippen molar-refractivity contribution in [3.8, 4) is 0 Å². The second kappa shape index (κ2) is 9.53. The van der Waals surface area contributed by atoms with Gasteiger partial charge in [0.25, 0.3) is 0 Å². The van der Waals surface area contributed by atoms with E-state index in [1.807, 2.05) is 4.72 Å². The van der Waals surface area contributed by atoms with E-state index in [0.29, 0.717) is 16.7 Å². The number of imidazole rings is 1. The van der Waals surface area contributed by atoms with Crippen LogP contribution in [0.1, 0.15) is 62.5 Å². The molecule has 0 saturated carbocycles. The van der Waals surface area contributed by atoms with Gasteiger partial charge in [-0.2, -0.15) is 0 Å². The van der Waals surface area contributed by atoms with Crippen molar-refractivity contribution >= 4 is 33.7 Å². The highest BCUT2D eigenvalue weighted by molar-refractivity contribution is 7.89. The van der Waals surface area contributed by atoms with Crippen molar-refractivity contribution in [1.82, 2.24) is 14.3 Å². The van der Waals surface area contributed by atoms with E-state index in [4.69, 9.17) is 9.47 Å². The fourth-order valence-corrected chi connectivity index (χ4v) is 4.15. The Bertz CT molecular complexity index is 1230. The van der Waals surface area contributed by atoms with Gasteiger partial charge in [-0.05, 0) is 25.0 Å². The zero-order valence-corrected chi connectivity index (χ0v) is 19.1. The number of nitrogens with zero attached hydrogens (tertiary/aromatic N) is 2. The minimum absolute atomic E-state index is 0.0683. The summed E-state index contributed by atoms with van der Waals surface area (Å²) in [4.78, 5) is 54.0. The maximum atomic E-state index is 13.2. The molecule has 1 N–H and O–H groups in total. The molecule has 1 atom stereocenters. The molecule has 1 unspecified atom stereocenters. The summed E-state index contributed by atoms with van der Waals surface area (Å²) in [5.41, 5.74) is 1.23. The van der Waals surface area contributed by atoms with Crippen molar-refractivity contribution in [2.75, 3.05) is 19.5 Å². The third kappa shape index (κ3) is 5.28. The first-order valence-corrected chi connectivity index (χ1v) is 12.0. The van der Waals surface area contributed by atoms with Crippen molar-refractivity contribution in [2.24, 2.45) is 0 Å². The summed E-state index contributed by atoms with van der Waals surface area (Å²) in [6.07, 6.45) is 2.01. The molecule has 3 rings (SSSR count). The molecule has 2 aromatic rings. The molecule has 11 nitrogen and oxygen atoms in total. The van der Waals surface area contributed by atoms with E-state index >= 15 is 0 Å². The highest BCUT2D eigenvalue weighted by Crippen LogP contribution is 2.34.